The second-order valence-corrected chi connectivity index (χ2v) is 3.73. The number of benzene rings is 1. The van der Waals surface area contributed by atoms with Crippen molar-refractivity contribution in [3.8, 4) is 0 Å². The van der Waals surface area contributed by atoms with Gasteiger partial charge in [-0.15, -0.1) is 0 Å². The van der Waals surface area contributed by atoms with Gasteiger partial charge in [0.25, 0.3) is 0 Å². The molecule has 1 heterocycles. The van der Waals surface area contributed by atoms with E-state index in [0.29, 0.717) is 0 Å². The molecule has 1 atom stereocenters. The first-order valence-corrected chi connectivity index (χ1v) is 4.90. The number of aromatic nitrogens is 1. The van der Waals surface area contributed by atoms with Gasteiger partial charge < -0.3 is 9.67 Å². The van der Waals surface area contributed by atoms with Gasteiger partial charge in [-0.1, -0.05) is 18.2 Å². The second kappa shape index (κ2) is 3.42. The average Bonchev–Trinajstić information content (AvgIpc) is 2.52. The second-order valence-electron chi connectivity index (χ2n) is 3.73. The summed E-state index contributed by atoms with van der Waals surface area (Å²) in [6, 6.07) is 9.30. The fourth-order valence-corrected chi connectivity index (χ4v) is 1.94. The van der Waals surface area contributed by atoms with Crippen molar-refractivity contribution in [2.24, 2.45) is 0 Å². The monoisotopic (exact) mass is 203 g/mol. The summed E-state index contributed by atoms with van der Waals surface area (Å²) in [5.74, 6) is -0.806. The van der Waals surface area contributed by atoms with E-state index in [2.05, 4.69) is 0 Å². The Hall–Kier alpha value is -1.77. The van der Waals surface area contributed by atoms with Crippen LogP contribution in [-0.2, 0) is 4.79 Å². The molecule has 1 unspecified atom stereocenters. The predicted octanol–water partition coefficient (Wildman–Crippen LogP) is 2.60. The van der Waals surface area contributed by atoms with Crippen LogP contribution in [0.5, 0.6) is 0 Å². The third kappa shape index (κ3) is 1.50. The van der Waals surface area contributed by atoms with E-state index in [1.807, 2.05) is 41.8 Å². The van der Waals surface area contributed by atoms with Crippen molar-refractivity contribution in [2.75, 3.05) is 0 Å². The minimum atomic E-state index is -0.806. The first-order valence-electron chi connectivity index (χ1n) is 4.90. The molecule has 0 aliphatic carbocycles. The Kier molecular flexibility index (Phi) is 2.23. The van der Waals surface area contributed by atoms with E-state index in [1.165, 1.54) is 0 Å². The fourth-order valence-electron chi connectivity index (χ4n) is 1.94. The molecule has 0 fully saturated rings. The van der Waals surface area contributed by atoms with Crippen molar-refractivity contribution in [1.82, 2.24) is 4.57 Å². The molecule has 3 nitrogen and oxygen atoms in total. The van der Waals surface area contributed by atoms with Crippen LogP contribution in [0.3, 0.4) is 0 Å². The summed E-state index contributed by atoms with van der Waals surface area (Å²) in [5, 5.41) is 10.1. The Balaban J connectivity index is 2.68. The van der Waals surface area contributed by atoms with Crippen LogP contribution in [0.4, 0.5) is 0 Å². The maximum absolute atomic E-state index is 11.0. The lowest BCUT2D eigenvalue weighted by molar-refractivity contribution is -0.140. The highest BCUT2D eigenvalue weighted by Crippen LogP contribution is 2.23. The van der Waals surface area contributed by atoms with Crippen LogP contribution in [0.15, 0.2) is 30.3 Å². The lowest BCUT2D eigenvalue weighted by atomic mass is 10.2. The van der Waals surface area contributed by atoms with Crippen molar-refractivity contribution in [2.45, 2.75) is 19.9 Å². The van der Waals surface area contributed by atoms with Gasteiger partial charge in [0.05, 0.1) is 0 Å². The lowest BCUT2D eigenvalue weighted by Gasteiger charge is -2.12. The number of nitrogens with zero attached hydrogens (tertiary/aromatic N) is 1. The number of carbonyl (C=O) groups is 1. The summed E-state index contributed by atoms with van der Waals surface area (Å²) in [5.41, 5.74) is 1.95. The summed E-state index contributed by atoms with van der Waals surface area (Å²) in [4.78, 5) is 11.0. The van der Waals surface area contributed by atoms with E-state index in [0.717, 1.165) is 16.6 Å². The third-order valence-corrected chi connectivity index (χ3v) is 2.69. The van der Waals surface area contributed by atoms with Crippen molar-refractivity contribution in [3.63, 3.8) is 0 Å². The molecule has 15 heavy (non-hydrogen) atoms. The third-order valence-electron chi connectivity index (χ3n) is 2.69. The summed E-state index contributed by atoms with van der Waals surface area (Å²) in [6.45, 7) is 3.63. The van der Waals surface area contributed by atoms with Crippen molar-refractivity contribution in [1.29, 1.82) is 0 Å². The number of carboxylic acids is 1. The number of carboxylic acid groups (broad SMARTS) is 1. The van der Waals surface area contributed by atoms with E-state index in [1.54, 1.807) is 6.92 Å². The number of hydrogen-bond acceptors (Lipinski definition) is 1. The molecule has 3 heteroatoms. The van der Waals surface area contributed by atoms with E-state index in [-0.39, 0.29) is 0 Å². The lowest BCUT2D eigenvalue weighted by Crippen LogP contribution is -2.16. The van der Waals surface area contributed by atoms with E-state index in [4.69, 9.17) is 5.11 Å². The molecule has 2 aromatic rings. The highest BCUT2D eigenvalue weighted by atomic mass is 16.4. The highest BCUT2D eigenvalue weighted by molar-refractivity contribution is 5.84. The molecule has 1 aromatic carbocycles. The molecule has 78 valence electrons. The van der Waals surface area contributed by atoms with Gasteiger partial charge in [-0.2, -0.15) is 0 Å². The molecule has 0 spiro atoms. The standard InChI is InChI=1S/C12H13NO2/c1-8-7-10-5-3-4-6-11(10)13(8)9(2)12(14)15/h3-7,9H,1-2H3,(H,14,15). The van der Waals surface area contributed by atoms with Crippen LogP contribution < -0.4 is 0 Å². The van der Waals surface area contributed by atoms with Gasteiger partial charge in [-0.3, -0.25) is 0 Å². The minimum absolute atomic E-state index is 0.523. The zero-order valence-electron chi connectivity index (χ0n) is 8.77. The quantitative estimate of drug-likeness (QED) is 0.815. The molecule has 0 saturated carbocycles. The maximum Gasteiger partial charge on any atom is 0.326 e. The first-order chi connectivity index (χ1) is 7.11. The zero-order chi connectivity index (χ0) is 11.0. The Morgan fingerprint density at radius 2 is 2.07 bits per heavy atom. The molecule has 1 N–H and O–H groups in total. The molecule has 0 aliphatic heterocycles. The molecule has 0 amide bonds. The Morgan fingerprint density at radius 3 is 2.73 bits per heavy atom. The van der Waals surface area contributed by atoms with Crippen molar-refractivity contribution in [3.05, 3.63) is 36.0 Å². The van der Waals surface area contributed by atoms with Gasteiger partial charge in [0, 0.05) is 11.2 Å². The molecule has 2 rings (SSSR count). The number of fused-ring (bicyclic) bond motifs is 1. The zero-order valence-corrected chi connectivity index (χ0v) is 8.77. The fraction of sp³-hybridized carbons (Fsp3) is 0.250. The number of aryl methyl sites for hydroxylation is 1. The van der Waals surface area contributed by atoms with Crippen LogP contribution >= 0.6 is 0 Å². The van der Waals surface area contributed by atoms with E-state index in [9.17, 15) is 4.79 Å². The molecule has 1 aromatic heterocycles. The number of para-hydroxylation sites is 1. The predicted molar refractivity (Wildman–Crippen MR) is 59.0 cm³/mol. The van der Waals surface area contributed by atoms with E-state index < -0.39 is 12.0 Å². The van der Waals surface area contributed by atoms with Crippen LogP contribution in [0.2, 0.25) is 0 Å². The number of hydrogen-bond donors (Lipinski definition) is 1. The Morgan fingerprint density at radius 1 is 1.40 bits per heavy atom. The normalized spacial score (nSPS) is 12.9. The summed E-state index contributed by atoms with van der Waals surface area (Å²) < 4.78 is 1.84. The molecule has 0 saturated heterocycles. The van der Waals surface area contributed by atoms with Crippen molar-refractivity contribution < 1.29 is 9.90 Å². The van der Waals surface area contributed by atoms with Crippen molar-refractivity contribution >= 4 is 16.9 Å². The summed E-state index contributed by atoms with van der Waals surface area (Å²) in [7, 11) is 0. The van der Waals surface area contributed by atoms with Crippen LogP contribution in [0.25, 0.3) is 10.9 Å². The van der Waals surface area contributed by atoms with Gasteiger partial charge in [0.15, 0.2) is 0 Å². The minimum Gasteiger partial charge on any atom is -0.480 e. The van der Waals surface area contributed by atoms with Gasteiger partial charge in [-0.25, -0.2) is 4.79 Å². The molecular formula is C12H13NO2. The Labute approximate surface area is 87.9 Å². The molecule has 0 radical (unpaired) electrons. The topological polar surface area (TPSA) is 42.2 Å². The average molecular weight is 203 g/mol. The maximum atomic E-state index is 11.0. The molecule has 0 bridgehead atoms. The molecular weight excluding hydrogens is 190 g/mol. The van der Waals surface area contributed by atoms with Crippen LogP contribution in [-0.4, -0.2) is 15.6 Å². The van der Waals surface area contributed by atoms with Crippen LogP contribution in [0.1, 0.15) is 18.7 Å². The number of aliphatic carboxylic acids is 1. The van der Waals surface area contributed by atoms with Gasteiger partial charge in [0.1, 0.15) is 6.04 Å². The molecule has 0 aliphatic rings. The first kappa shape index (κ1) is 9.77. The van der Waals surface area contributed by atoms with Gasteiger partial charge in [-0.05, 0) is 31.4 Å². The van der Waals surface area contributed by atoms with Crippen LogP contribution in [0, 0.1) is 6.92 Å². The summed E-state index contributed by atoms with van der Waals surface area (Å²) >= 11 is 0. The van der Waals surface area contributed by atoms with Gasteiger partial charge in [0.2, 0.25) is 0 Å². The SMILES string of the molecule is Cc1cc2ccccc2n1C(C)C(=O)O. The largest absolute Gasteiger partial charge is 0.480 e. The summed E-state index contributed by atoms with van der Waals surface area (Å²) in [6.07, 6.45) is 0. The number of rotatable bonds is 2. The van der Waals surface area contributed by atoms with Gasteiger partial charge >= 0.3 is 5.97 Å². The Bertz CT molecular complexity index is 513. The smallest absolute Gasteiger partial charge is 0.326 e. The highest BCUT2D eigenvalue weighted by Gasteiger charge is 2.17. The van der Waals surface area contributed by atoms with E-state index >= 15 is 0 Å².